The summed E-state index contributed by atoms with van der Waals surface area (Å²) < 4.78 is 18.2. The molecule has 1 atom stereocenters. The Labute approximate surface area is 126 Å². The highest BCUT2D eigenvalue weighted by molar-refractivity contribution is 5.67. The van der Waals surface area contributed by atoms with Gasteiger partial charge in [-0.1, -0.05) is 12.1 Å². The van der Waals surface area contributed by atoms with Crippen LogP contribution in [0.25, 0.3) is 0 Å². The number of alkyl carbamates (subject to hydrolysis) is 1. The molecule has 0 heterocycles. The van der Waals surface area contributed by atoms with Crippen LogP contribution in [-0.2, 0) is 11.2 Å². The first-order chi connectivity index (χ1) is 9.76. The van der Waals surface area contributed by atoms with Crippen LogP contribution in [0.3, 0.4) is 0 Å². The number of amides is 1. The van der Waals surface area contributed by atoms with Gasteiger partial charge in [-0.25, -0.2) is 9.18 Å². The monoisotopic (exact) mass is 296 g/mol. The van der Waals surface area contributed by atoms with Gasteiger partial charge in [-0.3, -0.25) is 0 Å². The average Bonchev–Trinajstić information content (AvgIpc) is 2.34. The topological polar surface area (TPSA) is 50.4 Å². The molecule has 0 aliphatic rings. The Morgan fingerprint density at radius 1 is 1.38 bits per heavy atom. The predicted octanol–water partition coefficient (Wildman–Crippen LogP) is 2.87. The zero-order chi connectivity index (χ0) is 15.9. The SMILES string of the molecule is CC(CNC(=O)OC(C)(C)C)NCCc1cccc(F)c1. The highest BCUT2D eigenvalue weighted by Gasteiger charge is 2.16. The predicted molar refractivity (Wildman–Crippen MR) is 81.8 cm³/mol. The normalized spacial score (nSPS) is 12.8. The van der Waals surface area contributed by atoms with Gasteiger partial charge in [-0.05, 0) is 58.4 Å². The molecule has 21 heavy (non-hydrogen) atoms. The van der Waals surface area contributed by atoms with E-state index in [1.807, 2.05) is 33.8 Å². The molecule has 0 aliphatic carbocycles. The zero-order valence-electron chi connectivity index (χ0n) is 13.2. The fraction of sp³-hybridized carbons (Fsp3) is 0.562. The van der Waals surface area contributed by atoms with E-state index in [2.05, 4.69) is 10.6 Å². The van der Waals surface area contributed by atoms with Crippen molar-refractivity contribution >= 4 is 6.09 Å². The number of hydrogen-bond acceptors (Lipinski definition) is 3. The third-order valence-corrected chi connectivity index (χ3v) is 2.75. The maximum absolute atomic E-state index is 13.0. The van der Waals surface area contributed by atoms with Gasteiger partial charge in [-0.15, -0.1) is 0 Å². The minimum Gasteiger partial charge on any atom is -0.444 e. The van der Waals surface area contributed by atoms with E-state index >= 15 is 0 Å². The summed E-state index contributed by atoms with van der Waals surface area (Å²) in [5.41, 5.74) is 0.466. The average molecular weight is 296 g/mol. The molecule has 0 saturated heterocycles. The van der Waals surface area contributed by atoms with Crippen molar-refractivity contribution in [2.24, 2.45) is 0 Å². The van der Waals surface area contributed by atoms with Gasteiger partial charge >= 0.3 is 6.09 Å². The molecule has 0 bridgehead atoms. The molecule has 1 amide bonds. The molecular formula is C16H25FN2O2. The Hall–Kier alpha value is -1.62. The molecule has 0 aromatic heterocycles. The fourth-order valence-electron chi connectivity index (χ4n) is 1.78. The van der Waals surface area contributed by atoms with Gasteiger partial charge in [0.2, 0.25) is 0 Å². The summed E-state index contributed by atoms with van der Waals surface area (Å²) in [5.74, 6) is -0.216. The molecule has 0 saturated carbocycles. The third-order valence-electron chi connectivity index (χ3n) is 2.75. The third kappa shape index (κ3) is 8.30. The molecule has 0 spiro atoms. The first kappa shape index (κ1) is 17.4. The van der Waals surface area contributed by atoms with E-state index in [9.17, 15) is 9.18 Å². The Morgan fingerprint density at radius 2 is 2.10 bits per heavy atom. The molecule has 118 valence electrons. The molecule has 0 fully saturated rings. The number of nitrogens with one attached hydrogen (secondary N) is 2. The second kappa shape index (κ2) is 7.98. The molecule has 0 aliphatic heterocycles. The van der Waals surface area contributed by atoms with E-state index in [0.717, 1.165) is 18.5 Å². The van der Waals surface area contributed by atoms with Crippen molar-refractivity contribution in [3.05, 3.63) is 35.6 Å². The lowest BCUT2D eigenvalue weighted by Gasteiger charge is -2.21. The lowest BCUT2D eigenvalue weighted by atomic mass is 10.1. The van der Waals surface area contributed by atoms with E-state index in [0.29, 0.717) is 6.54 Å². The Balaban J connectivity index is 2.19. The van der Waals surface area contributed by atoms with Crippen LogP contribution in [0, 0.1) is 5.82 Å². The number of carbonyl (C=O) groups excluding carboxylic acids is 1. The molecule has 1 rings (SSSR count). The van der Waals surface area contributed by atoms with Gasteiger partial charge in [0.15, 0.2) is 0 Å². The molecule has 1 aromatic rings. The van der Waals surface area contributed by atoms with Gasteiger partial charge in [0.1, 0.15) is 11.4 Å². The number of rotatable bonds is 6. The van der Waals surface area contributed by atoms with Crippen molar-refractivity contribution in [3.8, 4) is 0 Å². The molecule has 2 N–H and O–H groups in total. The van der Waals surface area contributed by atoms with Crippen LogP contribution < -0.4 is 10.6 Å². The summed E-state index contributed by atoms with van der Waals surface area (Å²) in [6, 6.07) is 6.69. The van der Waals surface area contributed by atoms with Gasteiger partial charge in [0.25, 0.3) is 0 Å². The van der Waals surface area contributed by atoms with Gasteiger partial charge in [-0.2, -0.15) is 0 Å². The summed E-state index contributed by atoms with van der Waals surface area (Å²) in [4.78, 5) is 11.5. The zero-order valence-corrected chi connectivity index (χ0v) is 13.2. The fourth-order valence-corrected chi connectivity index (χ4v) is 1.78. The van der Waals surface area contributed by atoms with Crippen LogP contribution in [0.15, 0.2) is 24.3 Å². The maximum atomic E-state index is 13.0. The number of benzene rings is 1. The Kier molecular flexibility index (Phi) is 6.62. The second-order valence-corrected chi connectivity index (χ2v) is 6.12. The first-order valence-electron chi connectivity index (χ1n) is 7.21. The second-order valence-electron chi connectivity index (χ2n) is 6.12. The summed E-state index contributed by atoms with van der Waals surface area (Å²) >= 11 is 0. The minimum absolute atomic E-state index is 0.117. The van der Waals surface area contributed by atoms with Gasteiger partial charge < -0.3 is 15.4 Å². The molecular weight excluding hydrogens is 271 g/mol. The van der Waals surface area contributed by atoms with E-state index in [1.165, 1.54) is 12.1 Å². The van der Waals surface area contributed by atoms with E-state index in [4.69, 9.17) is 4.74 Å². The lowest BCUT2D eigenvalue weighted by molar-refractivity contribution is 0.0523. The van der Waals surface area contributed by atoms with E-state index in [-0.39, 0.29) is 11.9 Å². The lowest BCUT2D eigenvalue weighted by Crippen LogP contribution is -2.41. The van der Waals surface area contributed by atoms with Gasteiger partial charge in [0.05, 0.1) is 0 Å². The summed E-state index contributed by atoms with van der Waals surface area (Å²) in [5, 5.41) is 5.99. The van der Waals surface area contributed by atoms with Crippen LogP contribution in [0.4, 0.5) is 9.18 Å². The van der Waals surface area contributed by atoms with Crippen LogP contribution in [-0.4, -0.2) is 30.8 Å². The largest absolute Gasteiger partial charge is 0.444 e. The summed E-state index contributed by atoms with van der Waals surface area (Å²) in [7, 11) is 0. The number of halogens is 1. The Bertz CT molecular complexity index is 458. The van der Waals surface area contributed by atoms with Crippen LogP contribution in [0.1, 0.15) is 33.3 Å². The van der Waals surface area contributed by atoms with E-state index < -0.39 is 11.7 Å². The number of hydrogen-bond donors (Lipinski definition) is 2. The highest BCUT2D eigenvalue weighted by Crippen LogP contribution is 2.06. The molecule has 1 unspecified atom stereocenters. The number of ether oxygens (including phenoxy) is 1. The smallest absolute Gasteiger partial charge is 0.407 e. The van der Waals surface area contributed by atoms with Gasteiger partial charge in [0, 0.05) is 12.6 Å². The van der Waals surface area contributed by atoms with Crippen LogP contribution >= 0.6 is 0 Å². The Morgan fingerprint density at radius 3 is 2.71 bits per heavy atom. The molecule has 4 nitrogen and oxygen atoms in total. The molecule has 5 heteroatoms. The minimum atomic E-state index is -0.488. The van der Waals surface area contributed by atoms with Crippen molar-refractivity contribution in [1.29, 1.82) is 0 Å². The maximum Gasteiger partial charge on any atom is 0.407 e. The highest BCUT2D eigenvalue weighted by atomic mass is 19.1. The molecule has 0 radical (unpaired) electrons. The van der Waals surface area contributed by atoms with Crippen molar-refractivity contribution < 1.29 is 13.9 Å². The van der Waals surface area contributed by atoms with Crippen molar-refractivity contribution in [1.82, 2.24) is 10.6 Å². The molecule has 1 aromatic carbocycles. The summed E-state index contributed by atoms with van der Waals surface area (Å²) in [6.45, 7) is 8.66. The van der Waals surface area contributed by atoms with Crippen LogP contribution in [0.5, 0.6) is 0 Å². The first-order valence-corrected chi connectivity index (χ1v) is 7.21. The van der Waals surface area contributed by atoms with Crippen molar-refractivity contribution in [2.75, 3.05) is 13.1 Å². The van der Waals surface area contributed by atoms with Crippen molar-refractivity contribution in [3.63, 3.8) is 0 Å². The summed E-state index contributed by atoms with van der Waals surface area (Å²) in [6.07, 6.45) is 0.329. The van der Waals surface area contributed by atoms with Crippen molar-refractivity contribution in [2.45, 2.75) is 45.8 Å². The van der Waals surface area contributed by atoms with E-state index in [1.54, 1.807) is 6.07 Å². The van der Waals surface area contributed by atoms with Crippen LogP contribution in [0.2, 0.25) is 0 Å². The number of carbonyl (C=O) groups is 1. The standard InChI is InChI=1S/C16H25FN2O2/c1-12(11-19-15(20)21-16(2,3)4)18-9-8-13-6-5-7-14(17)10-13/h5-7,10,12,18H,8-9,11H2,1-4H3,(H,19,20). The quantitative estimate of drug-likeness (QED) is 0.848.